The van der Waals surface area contributed by atoms with Gasteiger partial charge in [0.2, 0.25) is 5.91 Å². The molecule has 2 aliphatic rings. The summed E-state index contributed by atoms with van der Waals surface area (Å²) in [5.74, 6) is 1.65. The number of nitrogens with zero attached hydrogens (tertiary/aromatic N) is 4. The third-order valence-corrected chi connectivity index (χ3v) is 8.41. The Morgan fingerprint density at radius 2 is 1.64 bits per heavy atom. The predicted molar refractivity (Wildman–Crippen MR) is 147 cm³/mol. The summed E-state index contributed by atoms with van der Waals surface area (Å²) < 4.78 is 3.30. The lowest BCUT2D eigenvalue weighted by Gasteiger charge is -2.23. The van der Waals surface area contributed by atoms with Gasteiger partial charge in [0.15, 0.2) is 0 Å². The third-order valence-electron chi connectivity index (χ3n) is 7.88. The number of hydrogen-bond donors (Lipinski definition) is 0. The van der Waals surface area contributed by atoms with Gasteiger partial charge in [0.25, 0.3) is 0 Å². The summed E-state index contributed by atoms with van der Waals surface area (Å²) >= 11 is 3.55. The Kier molecular flexibility index (Phi) is 6.40. The maximum Gasteiger partial charge on any atom is 0.223 e. The van der Waals surface area contributed by atoms with Gasteiger partial charge in [0.05, 0.1) is 11.4 Å². The van der Waals surface area contributed by atoms with E-state index in [0.717, 1.165) is 54.1 Å². The number of aromatic nitrogens is 2. The van der Waals surface area contributed by atoms with Gasteiger partial charge in [-0.05, 0) is 47.6 Å². The van der Waals surface area contributed by atoms with E-state index < -0.39 is 0 Å². The van der Waals surface area contributed by atoms with Crippen molar-refractivity contribution in [1.82, 2.24) is 19.2 Å². The molecule has 1 amide bonds. The third kappa shape index (κ3) is 4.60. The zero-order chi connectivity index (χ0) is 24.6. The molecular formula is C30H31BrN4O. The highest BCUT2D eigenvalue weighted by Gasteiger charge is 2.41. The lowest BCUT2D eigenvalue weighted by atomic mass is 9.97. The minimum atomic E-state index is 0.253. The van der Waals surface area contributed by atoms with Crippen LogP contribution < -0.4 is 0 Å². The van der Waals surface area contributed by atoms with Crippen molar-refractivity contribution in [3.05, 3.63) is 94.7 Å². The number of imidazole rings is 1. The molecule has 2 aromatic heterocycles. The van der Waals surface area contributed by atoms with Gasteiger partial charge in [0.1, 0.15) is 5.65 Å². The van der Waals surface area contributed by atoms with Gasteiger partial charge in [0, 0.05) is 55.4 Å². The number of likely N-dealkylation sites (tertiary alicyclic amines) is 2. The van der Waals surface area contributed by atoms with Gasteiger partial charge in [-0.15, -0.1) is 0 Å². The first-order valence-corrected chi connectivity index (χ1v) is 13.6. The van der Waals surface area contributed by atoms with Gasteiger partial charge >= 0.3 is 0 Å². The second-order valence-corrected chi connectivity index (χ2v) is 11.3. The lowest BCUT2D eigenvalue weighted by Crippen LogP contribution is -2.33. The highest BCUT2D eigenvalue weighted by Crippen LogP contribution is 2.35. The molecule has 3 unspecified atom stereocenters. The molecule has 36 heavy (non-hydrogen) atoms. The number of carbonyl (C=O) groups excluding carboxylic acids is 1. The van der Waals surface area contributed by atoms with Crippen LogP contribution in [-0.4, -0.2) is 51.3 Å². The number of pyridine rings is 1. The Hall–Kier alpha value is -2.96. The van der Waals surface area contributed by atoms with E-state index >= 15 is 0 Å². The smallest absolute Gasteiger partial charge is 0.223 e. The summed E-state index contributed by atoms with van der Waals surface area (Å²) in [5.41, 5.74) is 5.65. The van der Waals surface area contributed by atoms with Crippen LogP contribution in [0.25, 0.3) is 16.9 Å². The van der Waals surface area contributed by atoms with E-state index in [0.29, 0.717) is 24.2 Å². The highest BCUT2D eigenvalue weighted by molar-refractivity contribution is 9.10. The molecule has 2 saturated heterocycles. The molecule has 6 rings (SSSR count). The Labute approximate surface area is 220 Å². The Morgan fingerprint density at radius 1 is 0.944 bits per heavy atom. The average Bonchev–Trinajstić information content (AvgIpc) is 3.57. The normalized spacial score (nSPS) is 20.7. The van der Waals surface area contributed by atoms with Gasteiger partial charge < -0.3 is 9.30 Å². The summed E-state index contributed by atoms with van der Waals surface area (Å²) in [7, 11) is 0. The molecule has 4 aromatic rings. The zero-order valence-electron chi connectivity index (χ0n) is 20.6. The topological polar surface area (TPSA) is 40.9 Å². The maximum atomic E-state index is 13.1. The van der Waals surface area contributed by atoms with Crippen molar-refractivity contribution < 1.29 is 4.79 Å². The number of fused-ring (bicyclic) bond motifs is 2. The molecule has 0 saturated carbocycles. The van der Waals surface area contributed by atoms with Crippen molar-refractivity contribution >= 4 is 27.5 Å². The molecule has 5 nitrogen and oxygen atoms in total. The Morgan fingerprint density at radius 3 is 2.36 bits per heavy atom. The summed E-state index contributed by atoms with van der Waals surface area (Å²) in [6.45, 7) is 6.85. The molecule has 2 aliphatic heterocycles. The van der Waals surface area contributed by atoms with Crippen molar-refractivity contribution in [2.75, 3.05) is 26.2 Å². The van der Waals surface area contributed by atoms with Crippen LogP contribution in [0.5, 0.6) is 0 Å². The Balaban J connectivity index is 1.13. The molecule has 0 N–H and O–H groups in total. The molecule has 6 heteroatoms. The standard InChI is InChI=1S/C30H31BrN4O/c1-21(22-7-3-2-4-8-22)15-29(36)34-18-24-16-33(17-25(24)19-34)20-27-30(23-10-12-26(31)13-11-23)32-28-9-5-6-14-35(27)28/h2-14,21,24-25H,15-20H2,1H3. The van der Waals surface area contributed by atoms with E-state index in [1.807, 2.05) is 12.1 Å². The van der Waals surface area contributed by atoms with Crippen LogP contribution in [0.2, 0.25) is 0 Å². The minimum Gasteiger partial charge on any atom is -0.342 e. The highest BCUT2D eigenvalue weighted by atomic mass is 79.9. The number of rotatable bonds is 6. The van der Waals surface area contributed by atoms with E-state index in [9.17, 15) is 4.79 Å². The van der Waals surface area contributed by atoms with Gasteiger partial charge in [-0.2, -0.15) is 0 Å². The van der Waals surface area contributed by atoms with Crippen LogP contribution in [0.4, 0.5) is 0 Å². The van der Waals surface area contributed by atoms with E-state index in [2.05, 4.69) is 104 Å². The molecule has 3 atom stereocenters. The monoisotopic (exact) mass is 542 g/mol. The number of hydrogen-bond acceptors (Lipinski definition) is 3. The zero-order valence-corrected chi connectivity index (χ0v) is 22.1. The molecule has 2 fully saturated rings. The fourth-order valence-electron chi connectivity index (χ4n) is 5.96. The molecule has 0 spiro atoms. The average molecular weight is 544 g/mol. The van der Waals surface area contributed by atoms with E-state index in [-0.39, 0.29) is 5.92 Å². The van der Waals surface area contributed by atoms with E-state index in [1.54, 1.807) is 0 Å². The van der Waals surface area contributed by atoms with Gasteiger partial charge in [-0.25, -0.2) is 4.98 Å². The molecule has 184 valence electrons. The van der Waals surface area contributed by atoms with Gasteiger partial charge in [-0.1, -0.05) is 71.4 Å². The fourth-order valence-corrected chi connectivity index (χ4v) is 6.23. The first kappa shape index (κ1) is 23.4. The van der Waals surface area contributed by atoms with Crippen molar-refractivity contribution in [1.29, 1.82) is 0 Å². The summed E-state index contributed by atoms with van der Waals surface area (Å²) in [6.07, 6.45) is 2.71. The summed E-state index contributed by atoms with van der Waals surface area (Å²) in [6, 6.07) is 25.0. The van der Waals surface area contributed by atoms with Crippen LogP contribution in [0.1, 0.15) is 30.5 Å². The van der Waals surface area contributed by atoms with E-state index in [1.165, 1.54) is 11.3 Å². The maximum absolute atomic E-state index is 13.1. The first-order valence-electron chi connectivity index (χ1n) is 12.8. The second-order valence-electron chi connectivity index (χ2n) is 10.4. The van der Waals surface area contributed by atoms with Crippen LogP contribution in [-0.2, 0) is 11.3 Å². The second kappa shape index (κ2) is 9.83. The van der Waals surface area contributed by atoms with Crippen LogP contribution in [0.3, 0.4) is 0 Å². The van der Waals surface area contributed by atoms with Gasteiger partial charge in [-0.3, -0.25) is 9.69 Å². The van der Waals surface area contributed by atoms with Crippen LogP contribution >= 0.6 is 15.9 Å². The quantitative estimate of drug-likeness (QED) is 0.307. The first-order chi connectivity index (χ1) is 17.5. The predicted octanol–water partition coefficient (Wildman–Crippen LogP) is 5.85. The SMILES string of the molecule is CC(CC(=O)N1CC2CN(Cc3c(-c4ccc(Br)cc4)nc4ccccn34)CC2C1)c1ccccc1. The van der Waals surface area contributed by atoms with Crippen molar-refractivity contribution in [3.63, 3.8) is 0 Å². The van der Waals surface area contributed by atoms with Crippen molar-refractivity contribution in [2.24, 2.45) is 11.8 Å². The van der Waals surface area contributed by atoms with Crippen LogP contribution in [0, 0.1) is 11.8 Å². The number of carbonyl (C=O) groups is 1. The van der Waals surface area contributed by atoms with Crippen molar-refractivity contribution in [2.45, 2.75) is 25.8 Å². The molecule has 4 heterocycles. The largest absolute Gasteiger partial charge is 0.342 e. The minimum absolute atomic E-state index is 0.253. The van der Waals surface area contributed by atoms with Crippen LogP contribution in [0.15, 0.2) is 83.5 Å². The van der Waals surface area contributed by atoms with E-state index in [4.69, 9.17) is 4.98 Å². The molecule has 0 bridgehead atoms. The Bertz CT molecular complexity index is 1350. The molecular weight excluding hydrogens is 512 g/mol. The molecule has 0 radical (unpaired) electrons. The number of benzene rings is 2. The molecule has 2 aromatic carbocycles. The summed E-state index contributed by atoms with van der Waals surface area (Å²) in [4.78, 5) is 22.7. The molecule has 0 aliphatic carbocycles. The number of amides is 1. The number of halogens is 1. The lowest BCUT2D eigenvalue weighted by molar-refractivity contribution is -0.130. The van der Waals surface area contributed by atoms with Crippen molar-refractivity contribution in [3.8, 4) is 11.3 Å². The fraction of sp³-hybridized carbons (Fsp3) is 0.333. The summed E-state index contributed by atoms with van der Waals surface area (Å²) in [5, 5.41) is 0.